The second-order valence-electron chi connectivity index (χ2n) is 4.84. The monoisotopic (exact) mass is 298 g/mol. The van der Waals surface area contributed by atoms with Crippen molar-refractivity contribution in [2.24, 2.45) is 0 Å². The van der Waals surface area contributed by atoms with Crippen LogP contribution in [0.1, 0.15) is 0 Å². The highest BCUT2D eigenvalue weighted by atomic mass is 79.9. The summed E-state index contributed by atoms with van der Waals surface area (Å²) < 4.78 is 8.10. The van der Waals surface area contributed by atoms with Gasteiger partial charge in [0.15, 0.2) is 0 Å². The van der Waals surface area contributed by atoms with E-state index < -0.39 is 8.07 Å². The van der Waals surface area contributed by atoms with Crippen LogP contribution < -0.4 is 10.1 Å². The number of fused-ring (bicyclic) bond motifs is 1. The lowest BCUT2D eigenvalue weighted by Crippen LogP contribution is -2.38. The molecule has 2 rings (SSSR count). The minimum atomic E-state index is -1.35. The lowest BCUT2D eigenvalue weighted by Gasteiger charge is -2.10. The maximum Gasteiger partial charge on any atom is 0.136 e. The van der Waals surface area contributed by atoms with E-state index in [1.54, 1.807) is 7.11 Å². The second-order valence-corrected chi connectivity index (χ2v) is 10.7. The fourth-order valence-corrected chi connectivity index (χ4v) is 2.98. The molecule has 16 heavy (non-hydrogen) atoms. The molecule has 0 aromatic carbocycles. The van der Waals surface area contributed by atoms with Crippen LogP contribution in [-0.4, -0.2) is 24.8 Å². The fraction of sp³-hybridized carbons (Fsp3) is 0.364. The zero-order chi connectivity index (χ0) is 11.9. The van der Waals surface area contributed by atoms with Gasteiger partial charge in [0.25, 0.3) is 0 Å². The van der Waals surface area contributed by atoms with Crippen LogP contribution in [0.3, 0.4) is 0 Å². The highest BCUT2D eigenvalue weighted by Gasteiger charge is 2.20. The highest BCUT2D eigenvalue weighted by molar-refractivity contribution is 9.10. The first-order chi connectivity index (χ1) is 7.41. The van der Waals surface area contributed by atoms with Crippen LogP contribution in [0.25, 0.3) is 5.52 Å². The summed E-state index contributed by atoms with van der Waals surface area (Å²) in [6.45, 7) is 6.88. The Kier molecular flexibility index (Phi) is 2.84. The average Bonchev–Trinajstić information content (AvgIpc) is 2.58. The van der Waals surface area contributed by atoms with Crippen molar-refractivity contribution >= 4 is 34.8 Å². The number of aromatic nitrogens is 2. The highest BCUT2D eigenvalue weighted by Crippen LogP contribution is 2.25. The zero-order valence-corrected chi connectivity index (χ0v) is 12.5. The van der Waals surface area contributed by atoms with Crippen molar-refractivity contribution in [2.45, 2.75) is 19.6 Å². The summed E-state index contributed by atoms with van der Waals surface area (Å²) in [4.78, 5) is 0. The number of nitrogens with zero attached hydrogens (tertiary/aromatic N) is 2. The molecule has 2 aromatic rings. The molecule has 0 unspecified atom stereocenters. The minimum Gasteiger partial charge on any atom is -0.495 e. The molecule has 2 aromatic heterocycles. The van der Waals surface area contributed by atoms with Crippen LogP contribution in [-0.2, 0) is 0 Å². The second kappa shape index (κ2) is 3.89. The Hall–Kier alpha value is -0.813. The quantitative estimate of drug-likeness (QED) is 0.797. The summed E-state index contributed by atoms with van der Waals surface area (Å²) in [7, 11) is 0.324. The van der Waals surface area contributed by atoms with E-state index in [1.807, 2.05) is 16.8 Å². The maximum absolute atomic E-state index is 5.27. The van der Waals surface area contributed by atoms with Gasteiger partial charge >= 0.3 is 0 Å². The number of hydrogen-bond donors (Lipinski definition) is 0. The van der Waals surface area contributed by atoms with Gasteiger partial charge in [-0.3, -0.25) is 0 Å². The molecule has 86 valence electrons. The number of rotatable bonds is 2. The topological polar surface area (TPSA) is 26.5 Å². The van der Waals surface area contributed by atoms with E-state index in [9.17, 15) is 0 Å². The van der Waals surface area contributed by atoms with E-state index in [0.29, 0.717) is 0 Å². The van der Waals surface area contributed by atoms with Gasteiger partial charge in [0.1, 0.15) is 13.8 Å². The number of pyridine rings is 1. The summed E-state index contributed by atoms with van der Waals surface area (Å²) in [6, 6.07) is 4.15. The van der Waals surface area contributed by atoms with Gasteiger partial charge < -0.3 is 4.74 Å². The molecule has 0 atom stereocenters. The van der Waals surface area contributed by atoms with Gasteiger partial charge in [0.05, 0.1) is 17.1 Å². The smallest absolute Gasteiger partial charge is 0.136 e. The fourth-order valence-electron chi connectivity index (χ4n) is 1.52. The molecule has 0 spiro atoms. The molecule has 0 amide bonds. The van der Waals surface area contributed by atoms with E-state index in [2.05, 4.69) is 46.7 Å². The van der Waals surface area contributed by atoms with Gasteiger partial charge in [-0.05, 0) is 22.0 Å². The Balaban J connectivity index is 2.63. The van der Waals surface area contributed by atoms with Crippen LogP contribution in [0.5, 0.6) is 5.75 Å². The zero-order valence-electron chi connectivity index (χ0n) is 9.91. The van der Waals surface area contributed by atoms with Gasteiger partial charge in [-0.1, -0.05) is 19.6 Å². The van der Waals surface area contributed by atoms with Crippen molar-refractivity contribution in [3.05, 3.63) is 22.8 Å². The molecular weight excluding hydrogens is 284 g/mol. The molecular formula is C11H15BrN2OSi. The summed E-state index contributed by atoms with van der Waals surface area (Å²) in [6.07, 6.45) is 1.94. The third kappa shape index (κ3) is 2.01. The van der Waals surface area contributed by atoms with E-state index in [-0.39, 0.29) is 0 Å². The standard InChI is InChI=1S/C11H15BrN2OSi/c1-15-10-5-8-6-11(16(2,3)4)13-14(8)7-9(10)12/h5-7H,1-4H3. The van der Waals surface area contributed by atoms with E-state index in [4.69, 9.17) is 4.74 Å². The SMILES string of the molecule is COc1cc2cc([Si](C)(C)C)nn2cc1Br. The van der Waals surface area contributed by atoms with Gasteiger partial charge in [-0.15, -0.1) is 0 Å². The van der Waals surface area contributed by atoms with Crippen molar-refractivity contribution in [3.8, 4) is 5.75 Å². The normalized spacial score (nSPS) is 12.1. The Bertz CT molecular complexity index is 530. The Morgan fingerprint density at radius 3 is 2.56 bits per heavy atom. The predicted molar refractivity (Wildman–Crippen MR) is 72.4 cm³/mol. The molecule has 0 bridgehead atoms. The Morgan fingerprint density at radius 2 is 2.00 bits per heavy atom. The van der Waals surface area contributed by atoms with Crippen molar-refractivity contribution < 1.29 is 4.74 Å². The van der Waals surface area contributed by atoms with Crippen molar-refractivity contribution in [1.82, 2.24) is 9.61 Å². The molecule has 2 heterocycles. The van der Waals surface area contributed by atoms with Gasteiger partial charge in [0, 0.05) is 17.6 Å². The van der Waals surface area contributed by atoms with Crippen LogP contribution in [0.2, 0.25) is 19.6 Å². The maximum atomic E-state index is 5.27. The first-order valence-corrected chi connectivity index (χ1v) is 9.44. The van der Waals surface area contributed by atoms with E-state index in [1.165, 1.54) is 5.32 Å². The molecule has 0 aliphatic rings. The molecule has 5 heteroatoms. The van der Waals surface area contributed by atoms with Crippen LogP contribution in [0.4, 0.5) is 0 Å². The summed E-state index contributed by atoms with van der Waals surface area (Å²) in [5.41, 5.74) is 1.08. The van der Waals surface area contributed by atoms with Crippen molar-refractivity contribution in [2.75, 3.05) is 7.11 Å². The Labute approximate surface area is 105 Å². The van der Waals surface area contributed by atoms with E-state index >= 15 is 0 Å². The van der Waals surface area contributed by atoms with Crippen molar-refractivity contribution in [1.29, 1.82) is 0 Å². The lowest BCUT2D eigenvalue weighted by molar-refractivity contribution is 0.412. The molecule has 0 saturated carbocycles. The minimum absolute atomic E-state index is 0.842. The summed E-state index contributed by atoms with van der Waals surface area (Å²) >= 11 is 3.46. The van der Waals surface area contributed by atoms with Crippen LogP contribution >= 0.6 is 15.9 Å². The number of hydrogen-bond acceptors (Lipinski definition) is 2. The van der Waals surface area contributed by atoms with Gasteiger partial charge in [-0.2, -0.15) is 5.10 Å². The first kappa shape index (κ1) is 11.7. The number of methoxy groups -OCH3 is 1. The lowest BCUT2D eigenvalue weighted by atomic mass is 10.4. The molecule has 0 aliphatic heterocycles. The van der Waals surface area contributed by atoms with Crippen LogP contribution in [0.15, 0.2) is 22.8 Å². The van der Waals surface area contributed by atoms with E-state index in [0.717, 1.165) is 15.7 Å². The summed E-state index contributed by atoms with van der Waals surface area (Å²) in [5.74, 6) is 0.842. The van der Waals surface area contributed by atoms with Gasteiger partial charge in [0.2, 0.25) is 0 Å². The third-order valence-electron chi connectivity index (χ3n) is 2.50. The molecule has 0 radical (unpaired) electrons. The molecule has 0 fully saturated rings. The van der Waals surface area contributed by atoms with Crippen molar-refractivity contribution in [3.63, 3.8) is 0 Å². The van der Waals surface area contributed by atoms with Gasteiger partial charge in [-0.25, -0.2) is 4.52 Å². The molecule has 0 saturated heterocycles. The number of ether oxygens (including phenoxy) is 1. The Morgan fingerprint density at radius 1 is 1.31 bits per heavy atom. The van der Waals surface area contributed by atoms with Crippen LogP contribution in [0, 0.1) is 0 Å². The third-order valence-corrected chi connectivity index (χ3v) is 4.88. The first-order valence-electron chi connectivity index (χ1n) is 5.15. The summed E-state index contributed by atoms with van der Waals surface area (Å²) in [5, 5.41) is 5.83. The molecule has 0 aliphatic carbocycles. The molecule has 0 N–H and O–H groups in total. The number of halogens is 1. The largest absolute Gasteiger partial charge is 0.495 e. The predicted octanol–water partition coefficient (Wildman–Crippen LogP) is 2.65. The molecule has 3 nitrogen and oxygen atoms in total. The average molecular weight is 299 g/mol.